The van der Waals surface area contributed by atoms with Crippen LogP contribution in [0.4, 0.5) is 5.82 Å². The molecule has 1 atom stereocenters. The van der Waals surface area contributed by atoms with Crippen LogP contribution in [-0.2, 0) is 14.8 Å². The van der Waals surface area contributed by atoms with Gasteiger partial charge in [-0.15, -0.1) is 0 Å². The molecule has 1 unspecified atom stereocenters. The van der Waals surface area contributed by atoms with E-state index in [1.807, 2.05) is 19.1 Å². The summed E-state index contributed by atoms with van der Waals surface area (Å²) in [5.74, 6) is 0.516. The topological polar surface area (TPSA) is 83.6 Å². The molecule has 2 heterocycles. The van der Waals surface area contributed by atoms with Gasteiger partial charge in [-0.3, -0.25) is 4.72 Å². The van der Waals surface area contributed by atoms with E-state index in [2.05, 4.69) is 10.8 Å². The van der Waals surface area contributed by atoms with Gasteiger partial charge in [-0.1, -0.05) is 6.07 Å². The smallest absolute Gasteiger partial charge is 0.236 e. The average molecular weight is 333 g/mol. The number of aromatic nitrogens is 1. The summed E-state index contributed by atoms with van der Waals surface area (Å²) in [5.41, 5.74) is 1.92. The quantitative estimate of drug-likeness (QED) is 0.879. The van der Waals surface area contributed by atoms with Crippen molar-refractivity contribution in [3.05, 3.63) is 35.5 Å². The van der Waals surface area contributed by atoms with Crippen LogP contribution in [0.3, 0.4) is 0 Å². The number of ether oxygens (including phenoxy) is 1. The van der Waals surface area contributed by atoms with Crippen LogP contribution in [0, 0.1) is 24.2 Å². The minimum absolute atomic E-state index is 0.0991. The SMILES string of the molecule is COC(CS(=O)(=O)Nc1c(C#N)c(C)c2ccccn12)C1CC1. The molecule has 0 aliphatic heterocycles. The molecule has 6 nitrogen and oxygen atoms in total. The van der Waals surface area contributed by atoms with E-state index < -0.39 is 10.0 Å². The Kier molecular flexibility index (Phi) is 4.04. The molecule has 122 valence electrons. The second-order valence-corrected chi connectivity index (χ2v) is 7.68. The zero-order valence-electron chi connectivity index (χ0n) is 13.1. The molecule has 0 saturated heterocycles. The predicted molar refractivity (Wildman–Crippen MR) is 87.8 cm³/mol. The van der Waals surface area contributed by atoms with E-state index in [0.717, 1.165) is 23.9 Å². The molecule has 0 aromatic carbocycles. The molecular weight excluding hydrogens is 314 g/mol. The fourth-order valence-corrected chi connectivity index (χ4v) is 4.30. The van der Waals surface area contributed by atoms with E-state index in [1.54, 1.807) is 16.7 Å². The number of rotatable bonds is 6. The molecule has 0 spiro atoms. The summed E-state index contributed by atoms with van der Waals surface area (Å²) in [5, 5.41) is 9.40. The molecule has 1 fully saturated rings. The van der Waals surface area contributed by atoms with Crippen LogP contribution < -0.4 is 4.72 Å². The zero-order valence-corrected chi connectivity index (χ0v) is 13.9. The number of methoxy groups -OCH3 is 1. The number of hydrogen-bond donors (Lipinski definition) is 1. The van der Waals surface area contributed by atoms with Crippen LogP contribution in [0.15, 0.2) is 24.4 Å². The maximum atomic E-state index is 12.5. The van der Waals surface area contributed by atoms with Crippen LogP contribution in [-0.4, -0.2) is 31.8 Å². The highest BCUT2D eigenvalue weighted by molar-refractivity contribution is 7.92. The first-order valence-corrected chi connectivity index (χ1v) is 9.15. The molecule has 0 radical (unpaired) electrons. The van der Waals surface area contributed by atoms with Crippen molar-refractivity contribution in [1.29, 1.82) is 5.26 Å². The number of anilines is 1. The summed E-state index contributed by atoms with van der Waals surface area (Å²) in [6, 6.07) is 7.61. The summed E-state index contributed by atoms with van der Waals surface area (Å²) >= 11 is 0. The number of aryl methyl sites for hydroxylation is 1. The highest BCUT2D eigenvalue weighted by Gasteiger charge is 2.35. The standard InChI is InChI=1S/C16H19N3O3S/c1-11-13(9-17)16(19-8-4-3-5-14(11)19)18-23(20,21)10-15(22-2)12-6-7-12/h3-5,8,12,15,18H,6-7,10H2,1-2H3. The lowest BCUT2D eigenvalue weighted by Gasteiger charge is -2.16. The van der Waals surface area contributed by atoms with Gasteiger partial charge in [0.25, 0.3) is 0 Å². The first-order chi connectivity index (χ1) is 11.0. The number of fused-ring (bicyclic) bond motifs is 1. The number of pyridine rings is 1. The fraction of sp³-hybridized carbons (Fsp3) is 0.438. The molecule has 1 aliphatic carbocycles. The lowest BCUT2D eigenvalue weighted by atomic mass is 10.2. The molecule has 1 N–H and O–H groups in total. The Labute approximate surface area is 135 Å². The maximum Gasteiger partial charge on any atom is 0.236 e. The molecule has 7 heteroatoms. The van der Waals surface area contributed by atoms with Gasteiger partial charge in [-0.05, 0) is 43.4 Å². The van der Waals surface area contributed by atoms with Crippen LogP contribution >= 0.6 is 0 Å². The van der Waals surface area contributed by atoms with Gasteiger partial charge >= 0.3 is 0 Å². The Hall–Kier alpha value is -2.04. The van der Waals surface area contributed by atoms with Crippen LogP contribution in [0.25, 0.3) is 5.52 Å². The second kappa shape index (κ2) is 5.87. The van der Waals surface area contributed by atoms with Gasteiger partial charge in [0, 0.05) is 13.3 Å². The van der Waals surface area contributed by atoms with E-state index in [-0.39, 0.29) is 11.9 Å². The molecule has 0 amide bonds. The molecule has 0 bridgehead atoms. The van der Waals surface area contributed by atoms with Crippen molar-refractivity contribution in [3.63, 3.8) is 0 Å². The number of hydrogen-bond acceptors (Lipinski definition) is 4. The molecule has 23 heavy (non-hydrogen) atoms. The summed E-state index contributed by atoms with van der Waals surface area (Å²) in [4.78, 5) is 0. The van der Waals surface area contributed by atoms with Gasteiger partial charge in [-0.2, -0.15) is 5.26 Å². The highest BCUT2D eigenvalue weighted by atomic mass is 32.2. The normalized spacial score (nSPS) is 16.2. The lowest BCUT2D eigenvalue weighted by Crippen LogP contribution is -2.29. The fourth-order valence-electron chi connectivity index (χ4n) is 2.88. The van der Waals surface area contributed by atoms with Crippen molar-refractivity contribution in [2.24, 2.45) is 5.92 Å². The largest absolute Gasteiger partial charge is 0.380 e. The molecule has 1 saturated carbocycles. The molecule has 3 rings (SSSR count). The summed E-state index contributed by atoms with van der Waals surface area (Å²) in [7, 11) is -2.07. The number of nitrogens with one attached hydrogen (secondary N) is 1. The van der Waals surface area contributed by atoms with Crippen molar-refractivity contribution in [3.8, 4) is 6.07 Å². The van der Waals surface area contributed by atoms with E-state index in [4.69, 9.17) is 4.74 Å². The molecule has 2 aromatic rings. The molecular formula is C16H19N3O3S. The highest BCUT2D eigenvalue weighted by Crippen LogP contribution is 2.35. The summed E-state index contributed by atoms with van der Waals surface area (Å²) in [6.45, 7) is 1.81. The van der Waals surface area contributed by atoms with Crippen LogP contribution in [0.5, 0.6) is 0 Å². The summed E-state index contributed by atoms with van der Waals surface area (Å²) in [6.07, 6.45) is 3.45. The van der Waals surface area contributed by atoms with Crippen molar-refractivity contribution >= 4 is 21.4 Å². The number of nitrogens with zero attached hydrogens (tertiary/aromatic N) is 2. The predicted octanol–water partition coefficient (Wildman–Crippen LogP) is 2.29. The van der Waals surface area contributed by atoms with Crippen LogP contribution in [0.2, 0.25) is 0 Å². The van der Waals surface area contributed by atoms with E-state index in [0.29, 0.717) is 17.3 Å². The lowest BCUT2D eigenvalue weighted by molar-refractivity contribution is 0.103. The minimum Gasteiger partial charge on any atom is -0.380 e. The van der Waals surface area contributed by atoms with Gasteiger partial charge in [0.1, 0.15) is 11.9 Å². The van der Waals surface area contributed by atoms with E-state index in [1.165, 1.54) is 7.11 Å². The average Bonchev–Trinajstić information content (AvgIpc) is 3.33. The van der Waals surface area contributed by atoms with Crippen LogP contribution in [0.1, 0.15) is 24.0 Å². The Morgan fingerprint density at radius 1 is 1.48 bits per heavy atom. The van der Waals surface area contributed by atoms with Gasteiger partial charge in [0.2, 0.25) is 10.0 Å². The van der Waals surface area contributed by atoms with Crippen molar-refractivity contribution < 1.29 is 13.2 Å². The van der Waals surface area contributed by atoms with Gasteiger partial charge in [-0.25, -0.2) is 8.42 Å². The van der Waals surface area contributed by atoms with Gasteiger partial charge in [0.15, 0.2) is 0 Å². The second-order valence-electron chi connectivity index (χ2n) is 5.91. The Morgan fingerprint density at radius 3 is 2.83 bits per heavy atom. The third-order valence-corrected chi connectivity index (χ3v) is 5.57. The van der Waals surface area contributed by atoms with Crippen molar-refractivity contribution in [2.75, 3.05) is 17.6 Å². The zero-order chi connectivity index (χ0) is 16.6. The van der Waals surface area contributed by atoms with Crippen molar-refractivity contribution in [1.82, 2.24) is 4.40 Å². The first kappa shape index (κ1) is 15.8. The summed E-state index contributed by atoms with van der Waals surface area (Å²) < 4.78 is 34.6. The first-order valence-electron chi connectivity index (χ1n) is 7.50. The minimum atomic E-state index is -3.61. The maximum absolute atomic E-state index is 12.5. The van der Waals surface area contributed by atoms with Gasteiger partial charge < -0.3 is 9.14 Å². The van der Waals surface area contributed by atoms with E-state index >= 15 is 0 Å². The Morgan fingerprint density at radius 2 is 2.22 bits per heavy atom. The third-order valence-electron chi connectivity index (χ3n) is 4.30. The van der Waals surface area contributed by atoms with Gasteiger partial charge in [0.05, 0.1) is 22.9 Å². The Bertz CT molecular complexity index is 876. The Balaban J connectivity index is 1.96. The monoisotopic (exact) mass is 333 g/mol. The molecule has 2 aromatic heterocycles. The van der Waals surface area contributed by atoms with E-state index in [9.17, 15) is 13.7 Å². The molecule has 1 aliphatic rings. The number of nitriles is 1. The third kappa shape index (κ3) is 3.05. The number of sulfonamides is 1. The van der Waals surface area contributed by atoms with Crippen molar-refractivity contribution in [2.45, 2.75) is 25.9 Å².